The predicted octanol–water partition coefficient (Wildman–Crippen LogP) is 6.15. The first-order valence-corrected chi connectivity index (χ1v) is 12.0. The number of hydrogen-bond acceptors (Lipinski definition) is 5. The van der Waals surface area contributed by atoms with E-state index in [4.69, 9.17) is 9.84 Å². The van der Waals surface area contributed by atoms with Crippen LogP contribution in [0.15, 0.2) is 70.0 Å². The number of hydrazone groups is 1. The van der Waals surface area contributed by atoms with Crippen molar-refractivity contribution >= 4 is 40.4 Å². The first-order valence-electron chi connectivity index (χ1n) is 10.3. The van der Waals surface area contributed by atoms with Gasteiger partial charge >= 0.3 is 0 Å². The van der Waals surface area contributed by atoms with E-state index in [-0.39, 0.29) is 30.2 Å². The van der Waals surface area contributed by atoms with Crippen LogP contribution < -0.4 is 4.74 Å². The Morgan fingerprint density at radius 3 is 2.77 bits per heavy atom. The van der Waals surface area contributed by atoms with Crippen molar-refractivity contribution in [1.29, 1.82) is 0 Å². The predicted molar refractivity (Wildman–Crippen MR) is 123 cm³/mol. The van der Waals surface area contributed by atoms with Crippen molar-refractivity contribution in [3.8, 4) is 5.75 Å². The van der Waals surface area contributed by atoms with E-state index in [1.54, 1.807) is 39.8 Å². The summed E-state index contributed by atoms with van der Waals surface area (Å²) in [5, 5.41) is 10.5. The summed E-state index contributed by atoms with van der Waals surface area (Å²) in [5.41, 5.74) is 2.20. The van der Waals surface area contributed by atoms with Crippen molar-refractivity contribution in [2.75, 3.05) is 6.61 Å². The van der Waals surface area contributed by atoms with Crippen LogP contribution in [-0.4, -0.2) is 23.2 Å². The molecule has 5 rings (SSSR count). The number of thiophene rings is 2. The molecule has 1 aliphatic carbocycles. The number of carbonyl (C=O) groups is 1. The van der Waals surface area contributed by atoms with Crippen LogP contribution in [0.1, 0.15) is 35.1 Å². The quantitative estimate of drug-likeness (QED) is 0.466. The van der Waals surface area contributed by atoms with E-state index >= 15 is 0 Å². The van der Waals surface area contributed by atoms with Crippen molar-refractivity contribution in [3.63, 3.8) is 0 Å². The number of ether oxygens (including phenoxy) is 1. The van der Waals surface area contributed by atoms with Gasteiger partial charge in [0.15, 0.2) is 18.2 Å². The third kappa shape index (κ3) is 4.07. The Labute approximate surface area is 188 Å². The fourth-order valence-electron chi connectivity index (χ4n) is 4.26. The maximum Gasteiger partial charge on any atom is 0.281 e. The van der Waals surface area contributed by atoms with Gasteiger partial charge in [-0.15, -0.1) is 22.7 Å². The van der Waals surface area contributed by atoms with Gasteiger partial charge in [0.25, 0.3) is 5.91 Å². The van der Waals surface area contributed by atoms with Crippen LogP contribution in [0.2, 0.25) is 0 Å². The Bertz CT molecular complexity index is 1120. The molecule has 0 radical (unpaired) electrons. The minimum absolute atomic E-state index is 0.0751. The van der Waals surface area contributed by atoms with Gasteiger partial charge in [0.1, 0.15) is 0 Å². The van der Waals surface area contributed by atoms with Crippen molar-refractivity contribution < 1.29 is 13.9 Å². The zero-order valence-electron chi connectivity index (χ0n) is 16.7. The number of nitrogens with zero attached hydrogens (tertiary/aromatic N) is 2. The monoisotopic (exact) mass is 452 g/mol. The standard InChI is InChI=1S/C24H21FN2O2S2/c25-19-9-1-2-10-20(19)29-15-22(28)27-24(21-11-5-13-31-21)18-8-3-6-16(23(18)26-27)14-17-7-4-12-30-17/h1-2,4-5,7,9-14,18,24H,3,6,8,15H2. The first kappa shape index (κ1) is 20.2. The van der Waals surface area contributed by atoms with Crippen LogP contribution in [0, 0.1) is 11.7 Å². The highest BCUT2D eigenvalue weighted by Gasteiger charge is 2.44. The number of fused-ring (bicyclic) bond motifs is 1. The normalized spacial score (nSPS) is 21.8. The third-order valence-corrected chi connectivity index (χ3v) is 7.40. The molecule has 1 aromatic carbocycles. The molecular weight excluding hydrogens is 431 g/mol. The van der Waals surface area contributed by atoms with E-state index in [0.29, 0.717) is 0 Å². The van der Waals surface area contributed by atoms with Gasteiger partial charge < -0.3 is 4.74 Å². The minimum atomic E-state index is -0.479. The summed E-state index contributed by atoms with van der Waals surface area (Å²) < 4.78 is 19.4. The lowest BCUT2D eigenvalue weighted by Gasteiger charge is -2.28. The molecular formula is C24H21FN2O2S2. The summed E-state index contributed by atoms with van der Waals surface area (Å²) in [6.07, 6.45) is 5.21. The number of carbonyl (C=O) groups excluding carboxylic acids is 1. The Hall–Kier alpha value is -2.77. The molecule has 2 atom stereocenters. The molecule has 2 aromatic heterocycles. The summed E-state index contributed by atoms with van der Waals surface area (Å²) in [7, 11) is 0. The molecule has 7 heteroatoms. The van der Waals surface area contributed by atoms with Crippen LogP contribution in [-0.2, 0) is 4.79 Å². The van der Waals surface area contributed by atoms with Gasteiger partial charge in [-0.05, 0) is 65.9 Å². The Morgan fingerprint density at radius 1 is 1.16 bits per heavy atom. The fraction of sp³-hybridized carbons (Fsp3) is 0.250. The lowest BCUT2D eigenvalue weighted by atomic mass is 9.79. The number of benzene rings is 1. The van der Waals surface area contributed by atoms with Gasteiger partial charge in [-0.2, -0.15) is 5.10 Å². The van der Waals surface area contributed by atoms with Gasteiger partial charge in [-0.3, -0.25) is 4.79 Å². The highest BCUT2D eigenvalue weighted by Crippen LogP contribution is 2.45. The molecule has 3 heterocycles. The molecule has 1 amide bonds. The molecule has 0 spiro atoms. The maximum absolute atomic E-state index is 13.9. The van der Waals surface area contributed by atoms with Gasteiger partial charge in [0.2, 0.25) is 0 Å². The average Bonchev–Trinajstić information content (AvgIpc) is 3.53. The molecule has 2 aliphatic rings. The molecule has 0 N–H and O–H groups in total. The van der Waals surface area contributed by atoms with Gasteiger partial charge in [-0.25, -0.2) is 9.40 Å². The van der Waals surface area contributed by atoms with Gasteiger partial charge in [0.05, 0.1) is 11.8 Å². The molecule has 4 nitrogen and oxygen atoms in total. The second kappa shape index (κ2) is 8.77. The second-order valence-electron chi connectivity index (χ2n) is 7.59. The Morgan fingerprint density at radius 2 is 2.00 bits per heavy atom. The Balaban J connectivity index is 1.44. The molecule has 1 fully saturated rings. The molecule has 0 bridgehead atoms. The zero-order valence-corrected chi connectivity index (χ0v) is 18.4. The second-order valence-corrected chi connectivity index (χ2v) is 9.55. The van der Waals surface area contributed by atoms with Crippen LogP contribution in [0.4, 0.5) is 4.39 Å². The van der Waals surface area contributed by atoms with E-state index < -0.39 is 5.82 Å². The number of amides is 1. The van der Waals surface area contributed by atoms with E-state index in [1.165, 1.54) is 22.6 Å². The lowest BCUT2D eigenvalue weighted by Crippen LogP contribution is -2.34. The molecule has 1 aliphatic heterocycles. The number of para-hydroxylation sites is 1. The van der Waals surface area contributed by atoms with E-state index in [9.17, 15) is 9.18 Å². The van der Waals surface area contributed by atoms with Crippen molar-refractivity contribution in [2.24, 2.45) is 11.0 Å². The van der Waals surface area contributed by atoms with Crippen molar-refractivity contribution in [2.45, 2.75) is 25.3 Å². The maximum atomic E-state index is 13.9. The molecule has 1 saturated carbocycles. The molecule has 31 heavy (non-hydrogen) atoms. The van der Waals surface area contributed by atoms with Gasteiger partial charge in [0, 0.05) is 15.7 Å². The average molecular weight is 453 g/mol. The fourth-order valence-corrected chi connectivity index (χ4v) is 5.81. The van der Waals surface area contributed by atoms with Crippen LogP contribution in [0.25, 0.3) is 6.08 Å². The Kier molecular flexibility index (Phi) is 5.70. The van der Waals surface area contributed by atoms with Crippen LogP contribution in [0.5, 0.6) is 5.75 Å². The van der Waals surface area contributed by atoms with Crippen molar-refractivity contribution in [3.05, 3.63) is 80.4 Å². The van der Waals surface area contributed by atoms with Gasteiger partial charge in [-0.1, -0.05) is 24.3 Å². The highest BCUT2D eigenvalue weighted by atomic mass is 32.1. The van der Waals surface area contributed by atoms with Crippen LogP contribution >= 0.6 is 22.7 Å². The lowest BCUT2D eigenvalue weighted by molar-refractivity contribution is -0.135. The molecule has 158 valence electrons. The number of rotatable bonds is 5. The summed E-state index contributed by atoms with van der Waals surface area (Å²) >= 11 is 3.33. The summed E-state index contributed by atoms with van der Waals surface area (Å²) in [4.78, 5) is 15.5. The number of hydrogen-bond donors (Lipinski definition) is 0. The third-order valence-electron chi connectivity index (χ3n) is 5.64. The summed E-state index contributed by atoms with van der Waals surface area (Å²) in [5.74, 6) is -0.506. The minimum Gasteiger partial charge on any atom is -0.481 e. The zero-order chi connectivity index (χ0) is 21.2. The van der Waals surface area contributed by atoms with Crippen LogP contribution in [0.3, 0.4) is 0 Å². The molecule has 2 unspecified atom stereocenters. The topological polar surface area (TPSA) is 41.9 Å². The first-order chi connectivity index (χ1) is 15.2. The molecule has 3 aromatic rings. The molecule has 0 saturated heterocycles. The SMILES string of the molecule is O=C(COc1ccccc1F)N1N=C2C(=Cc3cccs3)CCCC2C1c1cccs1. The van der Waals surface area contributed by atoms with E-state index in [1.807, 2.05) is 17.5 Å². The smallest absolute Gasteiger partial charge is 0.281 e. The van der Waals surface area contributed by atoms with E-state index in [0.717, 1.165) is 29.9 Å². The largest absolute Gasteiger partial charge is 0.481 e. The summed E-state index contributed by atoms with van der Waals surface area (Å²) in [6, 6.07) is 14.2. The number of allylic oxidation sites excluding steroid dienone is 1. The highest BCUT2D eigenvalue weighted by molar-refractivity contribution is 7.11. The number of halogens is 1. The summed E-state index contributed by atoms with van der Waals surface area (Å²) in [6.45, 7) is -0.254. The van der Waals surface area contributed by atoms with E-state index in [2.05, 4.69) is 23.6 Å². The van der Waals surface area contributed by atoms with Crippen molar-refractivity contribution in [1.82, 2.24) is 5.01 Å².